The minimum absolute atomic E-state index is 0.0641. The van der Waals surface area contributed by atoms with Crippen LogP contribution in [0.3, 0.4) is 0 Å². The first-order valence-corrected chi connectivity index (χ1v) is 9.09. The number of para-hydroxylation sites is 1. The van der Waals surface area contributed by atoms with Gasteiger partial charge in [0.15, 0.2) is 0 Å². The van der Waals surface area contributed by atoms with Gasteiger partial charge in [0.05, 0.1) is 22.1 Å². The van der Waals surface area contributed by atoms with E-state index in [0.29, 0.717) is 5.75 Å². The SMILES string of the molecule is O=C(Cc1cccc(Oc2ccccc2)c1)Nc1ccc2ncsc2c1. The average molecular weight is 360 g/mol. The van der Waals surface area contributed by atoms with Crippen molar-refractivity contribution in [3.63, 3.8) is 0 Å². The number of ether oxygens (including phenoxy) is 1. The number of carbonyl (C=O) groups excluding carboxylic acids is 1. The van der Waals surface area contributed by atoms with Gasteiger partial charge in [-0.3, -0.25) is 4.79 Å². The number of fused-ring (bicyclic) bond motifs is 1. The van der Waals surface area contributed by atoms with Crippen molar-refractivity contribution in [3.05, 3.63) is 83.9 Å². The van der Waals surface area contributed by atoms with E-state index < -0.39 is 0 Å². The predicted molar refractivity (Wildman–Crippen MR) is 105 cm³/mol. The highest BCUT2D eigenvalue weighted by Gasteiger charge is 2.07. The highest BCUT2D eigenvalue weighted by atomic mass is 32.1. The normalized spacial score (nSPS) is 10.6. The first kappa shape index (κ1) is 16.3. The van der Waals surface area contributed by atoms with E-state index in [-0.39, 0.29) is 12.3 Å². The van der Waals surface area contributed by atoms with Gasteiger partial charge in [0.2, 0.25) is 5.91 Å². The Bertz CT molecular complexity index is 1040. The molecule has 0 saturated heterocycles. The van der Waals surface area contributed by atoms with Gasteiger partial charge in [-0.2, -0.15) is 0 Å². The van der Waals surface area contributed by atoms with Crippen LogP contribution in [0.1, 0.15) is 5.56 Å². The van der Waals surface area contributed by atoms with Gasteiger partial charge in [0, 0.05) is 5.69 Å². The third kappa shape index (κ3) is 3.90. The second-order valence-corrected chi connectivity index (χ2v) is 6.71. The quantitative estimate of drug-likeness (QED) is 0.527. The van der Waals surface area contributed by atoms with Crippen molar-refractivity contribution in [3.8, 4) is 11.5 Å². The molecule has 4 rings (SSSR count). The Hall–Kier alpha value is -3.18. The summed E-state index contributed by atoms with van der Waals surface area (Å²) in [5.74, 6) is 1.42. The maximum absolute atomic E-state index is 12.4. The summed E-state index contributed by atoms with van der Waals surface area (Å²) in [6, 6.07) is 22.9. The Kier molecular flexibility index (Phi) is 4.62. The van der Waals surface area contributed by atoms with E-state index in [2.05, 4.69) is 10.3 Å². The first-order valence-electron chi connectivity index (χ1n) is 8.21. The van der Waals surface area contributed by atoms with Gasteiger partial charge in [-0.05, 0) is 48.0 Å². The van der Waals surface area contributed by atoms with Crippen LogP contribution in [-0.4, -0.2) is 10.9 Å². The maximum Gasteiger partial charge on any atom is 0.228 e. The standard InChI is InChI=1S/C21H16N2O2S/c24-21(23-16-9-10-19-20(13-16)26-14-22-19)12-15-5-4-8-18(11-15)25-17-6-2-1-3-7-17/h1-11,13-14H,12H2,(H,23,24). The van der Waals surface area contributed by atoms with E-state index in [4.69, 9.17) is 4.74 Å². The number of nitrogens with zero attached hydrogens (tertiary/aromatic N) is 1. The molecule has 0 bridgehead atoms. The molecule has 0 atom stereocenters. The van der Waals surface area contributed by atoms with Gasteiger partial charge in [0.1, 0.15) is 11.5 Å². The van der Waals surface area contributed by atoms with Crippen molar-refractivity contribution in [2.45, 2.75) is 6.42 Å². The number of carbonyl (C=O) groups is 1. The van der Waals surface area contributed by atoms with Crippen molar-refractivity contribution in [2.24, 2.45) is 0 Å². The van der Waals surface area contributed by atoms with Crippen LogP contribution in [-0.2, 0) is 11.2 Å². The summed E-state index contributed by atoms with van der Waals surface area (Å²) in [6.45, 7) is 0. The fourth-order valence-electron chi connectivity index (χ4n) is 2.67. The molecule has 1 heterocycles. The molecule has 0 fully saturated rings. The van der Waals surface area contributed by atoms with Crippen molar-refractivity contribution in [2.75, 3.05) is 5.32 Å². The van der Waals surface area contributed by atoms with Crippen LogP contribution in [0.15, 0.2) is 78.3 Å². The summed E-state index contributed by atoms with van der Waals surface area (Å²) in [4.78, 5) is 16.6. The van der Waals surface area contributed by atoms with E-state index in [9.17, 15) is 4.79 Å². The van der Waals surface area contributed by atoms with Crippen molar-refractivity contribution >= 4 is 33.1 Å². The molecule has 0 aliphatic rings. The number of amides is 1. The number of hydrogen-bond donors (Lipinski definition) is 1. The molecule has 1 aromatic heterocycles. The minimum atomic E-state index is -0.0641. The largest absolute Gasteiger partial charge is 0.457 e. The molecule has 0 aliphatic carbocycles. The zero-order chi connectivity index (χ0) is 17.8. The number of nitrogens with one attached hydrogen (secondary N) is 1. The molecule has 3 aromatic carbocycles. The number of hydrogen-bond acceptors (Lipinski definition) is 4. The fourth-order valence-corrected chi connectivity index (χ4v) is 3.38. The molecule has 0 unspecified atom stereocenters. The van der Waals surface area contributed by atoms with Crippen LogP contribution in [0.5, 0.6) is 11.5 Å². The zero-order valence-corrected chi connectivity index (χ0v) is 14.7. The molecule has 0 radical (unpaired) electrons. The smallest absolute Gasteiger partial charge is 0.228 e. The first-order chi connectivity index (χ1) is 12.8. The van der Waals surface area contributed by atoms with Crippen LogP contribution in [0.2, 0.25) is 0 Å². The summed E-state index contributed by atoms with van der Waals surface area (Å²) in [5.41, 5.74) is 4.42. The highest BCUT2D eigenvalue weighted by molar-refractivity contribution is 7.16. The Morgan fingerprint density at radius 1 is 0.962 bits per heavy atom. The number of benzene rings is 3. The lowest BCUT2D eigenvalue weighted by Crippen LogP contribution is -2.14. The Morgan fingerprint density at radius 3 is 2.69 bits per heavy atom. The van der Waals surface area contributed by atoms with Gasteiger partial charge in [-0.15, -0.1) is 11.3 Å². The summed E-state index contributed by atoms with van der Waals surface area (Å²) in [6.07, 6.45) is 0.284. The molecule has 4 aromatic rings. The number of thiazole rings is 1. The molecule has 0 spiro atoms. The lowest BCUT2D eigenvalue weighted by Gasteiger charge is -2.08. The second-order valence-electron chi connectivity index (χ2n) is 5.82. The van der Waals surface area contributed by atoms with Gasteiger partial charge < -0.3 is 10.1 Å². The van der Waals surface area contributed by atoms with E-state index in [0.717, 1.165) is 27.2 Å². The summed E-state index contributed by atoms with van der Waals surface area (Å²) < 4.78 is 6.88. The maximum atomic E-state index is 12.4. The molecule has 128 valence electrons. The van der Waals surface area contributed by atoms with Crippen molar-refractivity contribution < 1.29 is 9.53 Å². The predicted octanol–water partition coefficient (Wildman–Crippen LogP) is 5.27. The topological polar surface area (TPSA) is 51.2 Å². The van der Waals surface area contributed by atoms with Crippen molar-refractivity contribution in [1.29, 1.82) is 0 Å². The third-order valence-electron chi connectivity index (χ3n) is 3.86. The molecule has 1 amide bonds. The van der Waals surface area contributed by atoms with Gasteiger partial charge in [-0.25, -0.2) is 4.98 Å². The molecular formula is C21H16N2O2S. The molecule has 1 N–H and O–H groups in total. The minimum Gasteiger partial charge on any atom is -0.457 e. The van der Waals surface area contributed by atoms with Crippen LogP contribution in [0.4, 0.5) is 5.69 Å². The number of rotatable bonds is 5. The van der Waals surface area contributed by atoms with Crippen LogP contribution < -0.4 is 10.1 Å². The Labute approximate surface area is 155 Å². The fraction of sp³-hybridized carbons (Fsp3) is 0.0476. The molecule has 26 heavy (non-hydrogen) atoms. The van der Waals surface area contributed by atoms with E-state index >= 15 is 0 Å². The Morgan fingerprint density at radius 2 is 1.81 bits per heavy atom. The van der Waals surface area contributed by atoms with E-state index in [1.165, 1.54) is 0 Å². The van der Waals surface area contributed by atoms with Gasteiger partial charge in [0.25, 0.3) is 0 Å². The monoisotopic (exact) mass is 360 g/mol. The van der Waals surface area contributed by atoms with Gasteiger partial charge in [-0.1, -0.05) is 30.3 Å². The summed E-state index contributed by atoms with van der Waals surface area (Å²) in [5, 5.41) is 2.94. The summed E-state index contributed by atoms with van der Waals surface area (Å²) in [7, 11) is 0. The molecular weight excluding hydrogens is 344 g/mol. The van der Waals surface area contributed by atoms with Crippen LogP contribution in [0, 0.1) is 0 Å². The van der Waals surface area contributed by atoms with E-state index in [1.54, 1.807) is 16.8 Å². The van der Waals surface area contributed by atoms with Crippen LogP contribution >= 0.6 is 11.3 Å². The summed E-state index contributed by atoms with van der Waals surface area (Å²) >= 11 is 1.56. The zero-order valence-electron chi connectivity index (χ0n) is 13.9. The average Bonchev–Trinajstić information content (AvgIpc) is 3.10. The molecule has 4 nitrogen and oxygen atoms in total. The molecule has 0 saturated carbocycles. The molecule has 5 heteroatoms. The van der Waals surface area contributed by atoms with Gasteiger partial charge >= 0.3 is 0 Å². The lowest BCUT2D eigenvalue weighted by atomic mass is 10.1. The highest BCUT2D eigenvalue weighted by Crippen LogP contribution is 2.23. The lowest BCUT2D eigenvalue weighted by molar-refractivity contribution is -0.115. The number of anilines is 1. The molecule has 0 aliphatic heterocycles. The second kappa shape index (κ2) is 7.37. The number of aromatic nitrogens is 1. The third-order valence-corrected chi connectivity index (χ3v) is 4.65. The van der Waals surface area contributed by atoms with Crippen molar-refractivity contribution in [1.82, 2.24) is 4.98 Å². The van der Waals surface area contributed by atoms with E-state index in [1.807, 2.05) is 72.8 Å². The Balaban J connectivity index is 1.43. The van der Waals surface area contributed by atoms with Crippen LogP contribution in [0.25, 0.3) is 10.2 Å².